The molecule has 0 N–H and O–H groups in total. The van der Waals surface area contributed by atoms with E-state index in [2.05, 4.69) is 0 Å². The molecule has 1 unspecified atom stereocenters. The van der Waals surface area contributed by atoms with Crippen molar-refractivity contribution in [1.82, 2.24) is 0 Å². The molecule has 1 heterocycles. The Bertz CT molecular complexity index is 371. The first-order valence-corrected chi connectivity index (χ1v) is 4.55. The van der Waals surface area contributed by atoms with Gasteiger partial charge in [0, 0.05) is 0 Å². The standard InChI is InChI=1S/C11H13NO2/c1-7(2)9(6-12)10(13)11-8(3)4-5-14-11/h4-5,7,9H,1-3H3. The van der Waals surface area contributed by atoms with E-state index in [1.807, 2.05) is 19.9 Å². The van der Waals surface area contributed by atoms with Crippen LogP contribution in [0.15, 0.2) is 16.7 Å². The number of rotatable bonds is 3. The Morgan fingerprint density at radius 3 is 2.57 bits per heavy atom. The second-order valence-electron chi connectivity index (χ2n) is 3.65. The third-order valence-electron chi connectivity index (χ3n) is 2.17. The summed E-state index contributed by atoms with van der Waals surface area (Å²) in [4.78, 5) is 11.8. The molecule has 0 radical (unpaired) electrons. The molecule has 0 bridgehead atoms. The van der Waals surface area contributed by atoms with Crippen molar-refractivity contribution < 1.29 is 9.21 Å². The normalized spacial score (nSPS) is 12.5. The number of furan rings is 1. The van der Waals surface area contributed by atoms with Crippen molar-refractivity contribution in [1.29, 1.82) is 5.26 Å². The molecule has 3 nitrogen and oxygen atoms in total. The molecule has 0 fully saturated rings. The van der Waals surface area contributed by atoms with E-state index in [-0.39, 0.29) is 11.7 Å². The van der Waals surface area contributed by atoms with Gasteiger partial charge in [-0.25, -0.2) is 0 Å². The highest BCUT2D eigenvalue weighted by molar-refractivity contribution is 5.98. The topological polar surface area (TPSA) is 54.0 Å². The first-order chi connectivity index (χ1) is 6.57. The summed E-state index contributed by atoms with van der Waals surface area (Å²) in [5, 5.41) is 8.84. The molecule has 0 aliphatic rings. The van der Waals surface area contributed by atoms with E-state index in [0.29, 0.717) is 5.76 Å². The van der Waals surface area contributed by atoms with Crippen molar-refractivity contribution >= 4 is 5.78 Å². The molecular weight excluding hydrogens is 178 g/mol. The molecule has 0 spiro atoms. The zero-order chi connectivity index (χ0) is 10.7. The Kier molecular flexibility index (Phi) is 3.08. The van der Waals surface area contributed by atoms with Crippen molar-refractivity contribution in [2.45, 2.75) is 20.8 Å². The predicted octanol–water partition coefficient (Wildman–Crippen LogP) is 2.57. The number of nitriles is 1. The van der Waals surface area contributed by atoms with E-state index in [9.17, 15) is 4.79 Å². The maximum absolute atomic E-state index is 11.8. The summed E-state index contributed by atoms with van der Waals surface area (Å²) in [6.45, 7) is 5.50. The molecule has 0 saturated heterocycles. The minimum atomic E-state index is -0.611. The van der Waals surface area contributed by atoms with Crippen molar-refractivity contribution in [2.24, 2.45) is 11.8 Å². The van der Waals surface area contributed by atoms with Crippen LogP contribution in [0.2, 0.25) is 0 Å². The predicted molar refractivity (Wildman–Crippen MR) is 51.7 cm³/mol. The average Bonchev–Trinajstić information content (AvgIpc) is 2.51. The van der Waals surface area contributed by atoms with Gasteiger partial charge in [-0.1, -0.05) is 13.8 Å². The monoisotopic (exact) mass is 191 g/mol. The Morgan fingerprint density at radius 2 is 2.21 bits per heavy atom. The lowest BCUT2D eigenvalue weighted by molar-refractivity contribution is 0.0895. The van der Waals surface area contributed by atoms with Crippen LogP contribution in [0.1, 0.15) is 30.0 Å². The SMILES string of the molecule is Cc1ccoc1C(=O)C(C#N)C(C)C. The van der Waals surface area contributed by atoms with Gasteiger partial charge >= 0.3 is 0 Å². The van der Waals surface area contributed by atoms with E-state index in [1.54, 1.807) is 13.0 Å². The van der Waals surface area contributed by atoms with E-state index in [1.165, 1.54) is 6.26 Å². The first kappa shape index (κ1) is 10.5. The minimum Gasteiger partial charge on any atom is -0.461 e. The minimum absolute atomic E-state index is 0.0111. The average molecular weight is 191 g/mol. The summed E-state index contributed by atoms with van der Waals surface area (Å²) < 4.78 is 5.06. The van der Waals surface area contributed by atoms with E-state index in [4.69, 9.17) is 9.68 Å². The van der Waals surface area contributed by atoms with Gasteiger partial charge in [0.05, 0.1) is 12.3 Å². The van der Waals surface area contributed by atoms with Gasteiger partial charge in [-0.15, -0.1) is 0 Å². The van der Waals surface area contributed by atoms with Crippen molar-refractivity contribution in [2.75, 3.05) is 0 Å². The highest BCUT2D eigenvalue weighted by Gasteiger charge is 2.26. The van der Waals surface area contributed by atoms with Crippen LogP contribution in [0.4, 0.5) is 0 Å². The molecule has 0 aliphatic carbocycles. The molecular formula is C11H13NO2. The highest BCUT2D eigenvalue weighted by atomic mass is 16.3. The molecule has 14 heavy (non-hydrogen) atoms. The fraction of sp³-hybridized carbons (Fsp3) is 0.455. The van der Waals surface area contributed by atoms with Gasteiger partial charge < -0.3 is 4.42 Å². The fourth-order valence-corrected chi connectivity index (χ4v) is 1.28. The molecule has 3 heteroatoms. The molecule has 0 aliphatic heterocycles. The van der Waals surface area contributed by atoms with Crippen molar-refractivity contribution in [3.63, 3.8) is 0 Å². The van der Waals surface area contributed by atoms with Crippen LogP contribution in [-0.4, -0.2) is 5.78 Å². The van der Waals surface area contributed by atoms with Crippen LogP contribution < -0.4 is 0 Å². The molecule has 0 saturated carbocycles. The first-order valence-electron chi connectivity index (χ1n) is 4.55. The zero-order valence-electron chi connectivity index (χ0n) is 8.57. The maximum atomic E-state index is 11.8. The van der Waals surface area contributed by atoms with Gasteiger partial charge in [-0.05, 0) is 24.5 Å². The third-order valence-corrected chi connectivity index (χ3v) is 2.17. The number of aryl methyl sites for hydroxylation is 1. The highest BCUT2D eigenvalue weighted by Crippen LogP contribution is 2.19. The number of ketones is 1. The van der Waals surface area contributed by atoms with Gasteiger partial charge in [-0.3, -0.25) is 4.79 Å². The number of hydrogen-bond donors (Lipinski definition) is 0. The largest absolute Gasteiger partial charge is 0.461 e. The van der Waals surface area contributed by atoms with Gasteiger partial charge in [0.15, 0.2) is 5.76 Å². The smallest absolute Gasteiger partial charge is 0.215 e. The van der Waals surface area contributed by atoms with Crippen LogP contribution in [0.25, 0.3) is 0 Å². The van der Waals surface area contributed by atoms with E-state index < -0.39 is 5.92 Å². The molecule has 74 valence electrons. The fourth-order valence-electron chi connectivity index (χ4n) is 1.28. The summed E-state index contributed by atoms with van der Waals surface area (Å²) in [6, 6.07) is 3.73. The third kappa shape index (κ3) is 1.85. The summed E-state index contributed by atoms with van der Waals surface area (Å²) >= 11 is 0. The Balaban J connectivity index is 2.96. The zero-order valence-corrected chi connectivity index (χ0v) is 8.57. The lowest BCUT2D eigenvalue weighted by Crippen LogP contribution is -2.18. The van der Waals surface area contributed by atoms with Crippen LogP contribution in [-0.2, 0) is 0 Å². The van der Waals surface area contributed by atoms with Crippen LogP contribution in [0.5, 0.6) is 0 Å². The summed E-state index contributed by atoms with van der Waals surface area (Å²) in [7, 11) is 0. The molecule has 1 atom stereocenters. The lowest BCUT2D eigenvalue weighted by Gasteiger charge is -2.09. The molecule has 1 rings (SSSR count). The number of hydrogen-bond acceptors (Lipinski definition) is 3. The molecule has 1 aromatic heterocycles. The number of Topliss-reactive ketones (excluding diaryl/α,β-unsaturated/α-hetero) is 1. The second kappa shape index (κ2) is 4.10. The van der Waals surface area contributed by atoms with Gasteiger partial charge in [-0.2, -0.15) is 5.26 Å². The quantitative estimate of drug-likeness (QED) is 0.690. The van der Waals surface area contributed by atoms with Crippen molar-refractivity contribution in [3.8, 4) is 6.07 Å². The van der Waals surface area contributed by atoms with Gasteiger partial charge in [0.25, 0.3) is 0 Å². The number of carbonyl (C=O) groups excluding carboxylic acids is 1. The Labute approximate surface area is 83.3 Å². The van der Waals surface area contributed by atoms with E-state index >= 15 is 0 Å². The second-order valence-corrected chi connectivity index (χ2v) is 3.65. The van der Waals surface area contributed by atoms with Gasteiger partial charge in [0.2, 0.25) is 5.78 Å². The van der Waals surface area contributed by atoms with E-state index in [0.717, 1.165) is 5.56 Å². The Hall–Kier alpha value is -1.56. The molecule has 1 aromatic rings. The molecule has 0 aromatic carbocycles. The summed E-state index contributed by atoms with van der Waals surface area (Å²) in [6.07, 6.45) is 1.47. The number of nitrogens with zero attached hydrogens (tertiary/aromatic N) is 1. The van der Waals surface area contributed by atoms with Crippen LogP contribution in [0.3, 0.4) is 0 Å². The van der Waals surface area contributed by atoms with Crippen molar-refractivity contribution in [3.05, 3.63) is 23.7 Å². The summed E-state index contributed by atoms with van der Waals surface area (Å²) in [5.41, 5.74) is 0.788. The van der Waals surface area contributed by atoms with Crippen LogP contribution >= 0.6 is 0 Å². The van der Waals surface area contributed by atoms with Gasteiger partial charge in [0.1, 0.15) is 5.92 Å². The summed E-state index contributed by atoms with van der Waals surface area (Å²) in [5.74, 6) is -0.507. The number of carbonyl (C=O) groups is 1. The maximum Gasteiger partial charge on any atom is 0.215 e. The lowest BCUT2D eigenvalue weighted by atomic mass is 9.91. The van der Waals surface area contributed by atoms with Crippen LogP contribution in [0, 0.1) is 30.1 Å². The Morgan fingerprint density at radius 1 is 1.57 bits per heavy atom. The molecule has 0 amide bonds.